The number of hydrogen-bond donors (Lipinski definition) is 3. The first-order chi connectivity index (χ1) is 9.58. The molecule has 1 aromatic carbocycles. The number of nitrogens with two attached hydrogens (primary N) is 1. The molecule has 2 unspecified atom stereocenters. The lowest BCUT2D eigenvalue weighted by Crippen LogP contribution is -2.44. The fourth-order valence-electron chi connectivity index (χ4n) is 2.38. The number of fused-ring (bicyclic) bond motifs is 1. The van der Waals surface area contributed by atoms with E-state index in [0.717, 1.165) is 11.3 Å². The van der Waals surface area contributed by atoms with Crippen molar-refractivity contribution in [3.8, 4) is 0 Å². The molecule has 1 aromatic rings. The van der Waals surface area contributed by atoms with Gasteiger partial charge >= 0.3 is 6.09 Å². The summed E-state index contributed by atoms with van der Waals surface area (Å²) in [6.07, 6.45) is -0.131. The Morgan fingerprint density at radius 1 is 1.45 bits per heavy atom. The maximum Gasteiger partial charge on any atom is 0.404 e. The van der Waals surface area contributed by atoms with E-state index in [1.54, 1.807) is 0 Å². The van der Waals surface area contributed by atoms with Gasteiger partial charge in [-0.15, -0.1) is 0 Å². The minimum absolute atomic E-state index is 0.0485. The molecule has 0 aliphatic carbocycles. The lowest BCUT2D eigenvalue weighted by Gasteiger charge is -2.31. The fourth-order valence-corrected chi connectivity index (χ4v) is 2.38. The van der Waals surface area contributed by atoms with Crippen molar-refractivity contribution in [1.82, 2.24) is 5.32 Å². The van der Waals surface area contributed by atoms with E-state index < -0.39 is 6.09 Å². The number of primary amides is 1. The second-order valence-electron chi connectivity index (χ2n) is 4.86. The maximum absolute atomic E-state index is 12.1. The largest absolute Gasteiger partial charge is 0.448 e. The normalized spacial score (nSPS) is 20.4. The predicted octanol–water partition coefficient (Wildman–Crippen LogP) is 0.871. The van der Waals surface area contributed by atoms with Crippen molar-refractivity contribution >= 4 is 17.7 Å². The summed E-state index contributed by atoms with van der Waals surface area (Å²) in [5, 5.41) is 6.09. The van der Waals surface area contributed by atoms with E-state index in [4.69, 9.17) is 5.73 Å². The molecule has 4 N–H and O–H groups in total. The van der Waals surface area contributed by atoms with Crippen LogP contribution in [-0.4, -0.2) is 31.2 Å². The van der Waals surface area contributed by atoms with Crippen molar-refractivity contribution in [2.24, 2.45) is 11.7 Å². The first-order valence-corrected chi connectivity index (χ1v) is 6.62. The molecule has 6 nitrogen and oxygen atoms in total. The smallest absolute Gasteiger partial charge is 0.404 e. The van der Waals surface area contributed by atoms with Crippen LogP contribution in [0.5, 0.6) is 0 Å². The van der Waals surface area contributed by atoms with Gasteiger partial charge in [-0.2, -0.15) is 0 Å². The van der Waals surface area contributed by atoms with Gasteiger partial charge in [-0.05, 0) is 25.0 Å². The Bertz CT molecular complexity index is 504. The monoisotopic (exact) mass is 277 g/mol. The molecule has 20 heavy (non-hydrogen) atoms. The number of carbonyl (C=O) groups is 2. The number of nitrogens with one attached hydrogen (secondary N) is 2. The highest BCUT2D eigenvalue weighted by Crippen LogP contribution is 2.28. The highest BCUT2D eigenvalue weighted by molar-refractivity contribution is 5.81. The Hall–Kier alpha value is -2.24. The summed E-state index contributed by atoms with van der Waals surface area (Å²) in [5.74, 6) is -0.189. The molecule has 0 spiro atoms. The molecule has 0 radical (unpaired) electrons. The Kier molecular flexibility index (Phi) is 4.45. The first kappa shape index (κ1) is 14.2. The molecule has 0 saturated heterocycles. The number of amides is 2. The minimum Gasteiger partial charge on any atom is -0.448 e. The highest BCUT2D eigenvalue weighted by Gasteiger charge is 2.29. The Morgan fingerprint density at radius 2 is 2.20 bits per heavy atom. The van der Waals surface area contributed by atoms with Gasteiger partial charge in [0.15, 0.2) is 0 Å². The summed E-state index contributed by atoms with van der Waals surface area (Å²) in [4.78, 5) is 22.6. The lowest BCUT2D eigenvalue weighted by molar-refractivity contribution is -0.125. The summed E-state index contributed by atoms with van der Waals surface area (Å²) < 4.78 is 4.57. The van der Waals surface area contributed by atoms with E-state index in [2.05, 4.69) is 15.4 Å². The maximum atomic E-state index is 12.1. The molecule has 108 valence electrons. The van der Waals surface area contributed by atoms with Gasteiger partial charge in [-0.1, -0.05) is 18.2 Å². The number of benzene rings is 1. The molecule has 1 aliphatic heterocycles. The van der Waals surface area contributed by atoms with Crippen LogP contribution in [-0.2, 0) is 16.0 Å². The third-order valence-electron chi connectivity index (χ3n) is 3.43. The molecule has 2 rings (SSSR count). The van der Waals surface area contributed by atoms with Crippen molar-refractivity contribution in [3.05, 3.63) is 29.8 Å². The summed E-state index contributed by atoms with van der Waals surface area (Å²) in [6.45, 7) is 2.35. The minimum atomic E-state index is -0.833. The second kappa shape index (κ2) is 6.27. The third-order valence-corrected chi connectivity index (χ3v) is 3.43. The summed E-state index contributed by atoms with van der Waals surface area (Å²) in [5.41, 5.74) is 7.07. The quantitative estimate of drug-likeness (QED) is 0.712. The van der Waals surface area contributed by atoms with Gasteiger partial charge in [0.25, 0.3) is 0 Å². The molecule has 1 heterocycles. The number of carbonyl (C=O) groups excluding carboxylic acids is 2. The van der Waals surface area contributed by atoms with Crippen LogP contribution in [0.1, 0.15) is 12.5 Å². The molecule has 0 bridgehead atoms. The fraction of sp³-hybridized carbons (Fsp3) is 0.429. The van der Waals surface area contributed by atoms with Gasteiger partial charge in [0.05, 0.1) is 12.5 Å². The van der Waals surface area contributed by atoms with Crippen LogP contribution < -0.4 is 16.4 Å². The third kappa shape index (κ3) is 3.40. The number of ether oxygens (including phenoxy) is 1. The van der Waals surface area contributed by atoms with E-state index in [-0.39, 0.29) is 31.0 Å². The molecule has 6 heteroatoms. The average molecular weight is 277 g/mol. The summed E-state index contributed by atoms with van der Waals surface area (Å²) >= 11 is 0. The molecule has 2 amide bonds. The van der Waals surface area contributed by atoms with E-state index in [1.807, 2.05) is 31.2 Å². The van der Waals surface area contributed by atoms with Gasteiger partial charge < -0.3 is 21.1 Å². The molecule has 0 saturated carbocycles. The van der Waals surface area contributed by atoms with Crippen LogP contribution in [0.4, 0.5) is 10.5 Å². The van der Waals surface area contributed by atoms with Gasteiger partial charge in [0.1, 0.15) is 6.61 Å². The standard InChI is InChI=1S/C14H19N3O3/c1-9-11(13(18)16-6-7-20-14(15)19)8-10-4-2-3-5-12(10)17-9/h2-5,9,11,17H,6-8H2,1H3,(H2,15,19)(H,16,18). The molecular formula is C14H19N3O3. The van der Waals surface area contributed by atoms with Crippen molar-refractivity contribution in [3.63, 3.8) is 0 Å². The Morgan fingerprint density at radius 3 is 2.95 bits per heavy atom. The Balaban J connectivity index is 1.89. The lowest BCUT2D eigenvalue weighted by atomic mass is 9.87. The zero-order chi connectivity index (χ0) is 14.5. The average Bonchev–Trinajstić information content (AvgIpc) is 2.42. The molecule has 2 atom stereocenters. The first-order valence-electron chi connectivity index (χ1n) is 6.62. The number of para-hydroxylation sites is 1. The van der Waals surface area contributed by atoms with Gasteiger partial charge in [0.2, 0.25) is 5.91 Å². The van der Waals surface area contributed by atoms with E-state index in [9.17, 15) is 9.59 Å². The number of rotatable bonds is 4. The molecule has 1 aliphatic rings. The zero-order valence-corrected chi connectivity index (χ0v) is 11.4. The predicted molar refractivity (Wildman–Crippen MR) is 75.3 cm³/mol. The molecule has 0 aromatic heterocycles. The van der Waals surface area contributed by atoms with Crippen LogP contribution in [0, 0.1) is 5.92 Å². The van der Waals surface area contributed by atoms with Crippen LogP contribution in [0.3, 0.4) is 0 Å². The summed E-state index contributed by atoms with van der Waals surface area (Å²) in [7, 11) is 0. The topological polar surface area (TPSA) is 93.4 Å². The van der Waals surface area contributed by atoms with Crippen molar-refractivity contribution in [1.29, 1.82) is 0 Å². The SMILES string of the molecule is CC1Nc2ccccc2CC1C(=O)NCCOC(N)=O. The zero-order valence-electron chi connectivity index (χ0n) is 11.4. The van der Waals surface area contributed by atoms with Gasteiger partial charge in [0, 0.05) is 11.7 Å². The van der Waals surface area contributed by atoms with Crippen molar-refractivity contribution in [2.75, 3.05) is 18.5 Å². The molecular weight excluding hydrogens is 258 g/mol. The van der Waals surface area contributed by atoms with Crippen molar-refractivity contribution < 1.29 is 14.3 Å². The van der Waals surface area contributed by atoms with Crippen LogP contribution >= 0.6 is 0 Å². The van der Waals surface area contributed by atoms with E-state index >= 15 is 0 Å². The van der Waals surface area contributed by atoms with Crippen LogP contribution in [0.2, 0.25) is 0 Å². The van der Waals surface area contributed by atoms with E-state index in [0.29, 0.717) is 6.42 Å². The number of anilines is 1. The van der Waals surface area contributed by atoms with Crippen LogP contribution in [0.25, 0.3) is 0 Å². The van der Waals surface area contributed by atoms with Gasteiger partial charge in [-0.25, -0.2) is 4.79 Å². The second-order valence-corrected chi connectivity index (χ2v) is 4.86. The van der Waals surface area contributed by atoms with E-state index in [1.165, 1.54) is 0 Å². The molecule has 0 fully saturated rings. The highest BCUT2D eigenvalue weighted by atomic mass is 16.5. The summed E-state index contributed by atoms with van der Waals surface area (Å²) in [6, 6.07) is 8.03. The number of hydrogen-bond acceptors (Lipinski definition) is 4. The van der Waals surface area contributed by atoms with Gasteiger partial charge in [-0.3, -0.25) is 4.79 Å². The Labute approximate surface area is 117 Å². The van der Waals surface area contributed by atoms with Crippen LogP contribution in [0.15, 0.2) is 24.3 Å². The van der Waals surface area contributed by atoms with Crippen molar-refractivity contribution in [2.45, 2.75) is 19.4 Å².